The van der Waals surface area contributed by atoms with Crippen molar-refractivity contribution in [1.29, 1.82) is 0 Å². The summed E-state index contributed by atoms with van der Waals surface area (Å²) in [7, 11) is 0. The number of rotatable bonds is 6. The van der Waals surface area contributed by atoms with Crippen molar-refractivity contribution >= 4 is 0 Å². The number of aryl methyl sites for hydroxylation is 1. The van der Waals surface area contributed by atoms with E-state index >= 15 is 0 Å². The number of nitrogens with zero attached hydrogens (tertiary/aromatic N) is 1. The topological polar surface area (TPSA) is 52.9 Å². The largest absolute Gasteiger partial charge is 0.396 e. The van der Waals surface area contributed by atoms with Crippen molar-refractivity contribution in [2.24, 2.45) is 5.92 Å². The summed E-state index contributed by atoms with van der Waals surface area (Å²) in [6, 6.07) is 8.51. The minimum Gasteiger partial charge on any atom is -0.396 e. The van der Waals surface area contributed by atoms with Crippen molar-refractivity contribution in [3.8, 4) is 0 Å². The Bertz CT molecular complexity index is 485. The van der Waals surface area contributed by atoms with Crippen LogP contribution >= 0.6 is 0 Å². The lowest BCUT2D eigenvalue weighted by molar-refractivity contribution is -0.0316. The molecule has 1 aliphatic carbocycles. The number of aliphatic hydroxyl groups is 2. The highest BCUT2D eigenvalue weighted by atomic mass is 16.5. The molecule has 23 heavy (non-hydrogen) atoms. The second kappa shape index (κ2) is 8.25. The number of β-amino-alcohol motifs (C(OH)–C–C–N with tert-alkyl or cyclic N) is 1. The van der Waals surface area contributed by atoms with E-state index in [0.29, 0.717) is 25.7 Å². The Labute approximate surface area is 139 Å². The monoisotopic (exact) mass is 319 g/mol. The molecule has 2 atom stereocenters. The smallest absolute Gasteiger partial charge is 0.0900 e. The van der Waals surface area contributed by atoms with Crippen LogP contribution < -0.4 is 0 Å². The molecule has 2 N–H and O–H groups in total. The van der Waals surface area contributed by atoms with Gasteiger partial charge in [-0.1, -0.05) is 24.3 Å². The fraction of sp³-hybridized carbons (Fsp3) is 0.684. The van der Waals surface area contributed by atoms with Crippen LogP contribution in [0.5, 0.6) is 0 Å². The van der Waals surface area contributed by atoms with Gasteiger partial charge in [0.1, 0.15) is 0 Å². The Hall–Kier alpha value is -0.940. The molecule has 0 spiro atoms. The van der Waals surface area contributed by atoms with Crippen molar-refractivity contribution < 1.29 is 14.9 Å². The number of piperidine rings is 1. The molecule has 128 valence electrons. The average molecular weight is 319 g/mol. The molecule has 2 unspecified atom stereocenters. The van der Waals surface area contributed by atoms with Crippen LogP contribution in [0.15, 0.2) is 24.3 Å². The Morgan fingerprint density at radius 3 is 2.74 bits per heavy atom. The number of hydrogen-bond donors (Lipinski definition) is 2. The van der Waals surface area contributed by atoms with Gasteiger partial charge in [-0.3, -0.25) is 0 Å². The first-order valence-electron chi connectivity index (χ1n) is 8.97. The van der Waals surface area contributed by atoms with E-state index in [1.807, 2.05) is 0 Å². The average Bonchev–Trinajstić information content (AvgIpc) is 2.60. The molecule has 1 aromatic carbocycles. The third-order valence-electron chi connectivity index (χ3n) is 5.24. The molecule has 0 aromatic heterocycles. The number of ether oxygens (including phenoxy) is 1. The fourth-order valence-corrected chi connectivity index (χ4v) is 3.81. The van der Waals surface area contributed by atoms with E-state index in [-0.39, 0.29) is 6.10 Å². The zero-order valence-corrected chi connectivity index (χ0v) is 13.9. The molecule has 4 heteroatoms. The van der Waals surface area contributed by atoms with Gasteiger partial charge < -0.3 is 19.8 Å². The van der Waals surface area contributed by atoms with E-state index in [2.05, 4.69) is 29.2 Å². The van der Waals surface area contributed by atoms with Crippen molar-refractivity contribution in [3.63, 3.8) is 0 Å². The first-order valence-corrected chi connectivity index (χ1v) is 8.97. The maximum atomic E-state index is 10.3. The van der Waals surface area contributed by atoms with Gasteiger partial charge in [0.25, 0.3) is 0 Å². The second-order valence-corrected chi connectivity index (χ2v) is 6.99. The molecule has 1 aliphatic heterocycles. The maximum Gasteiger partial charge on any atom is 0.0900 e. The molecule has 1 heterocycles. The van der Waals surface area contributed by atoms with Crippen molar-refractivity contribution in [3.05, 3.63) is 35.4 Å². The molecule has 0 amide bonds. The predicted octanol–water partition coefficient (Wildman–Crippen LogP) is 2.15. The van der Waals surface area contributed by atoms with E-state index < -0.39 is 6.10 Å². The summed E-state index contributed by atoms with van der Waals surface area (Å²) in [6.07, 6.45) is 5.10. The number of aliphatic hydroxyl groups excluding tert-OH is 2. The molecule has 2 aliphatic rings. The summed E-state index contributed by atoms with van der Waals surface area (Å²) in [4.78, 5) is 2.29. The van der Waals surface area contributed by atoms with Gasteiger partial charge in [-0.05, 0) is 62.2 Å². The normalized spacial score (nSPS) is 24.3. The summed E-state index contributed by atoms with van der Waals surface area (Å²) in [5.41, 5.74) is 2.69. The first kappa shape index (κ1) is 16.9. The van der Waals surface area contributed by atoms with Crippen LogP contribution in [0.2, 0.25) is 0 Å². The van der Waals surface area contributed by atoms with Gasteiger partial charge in [-0.2, -0.15) is 0 Å². The summed E-state index contributed by atoms with van der Waals surface area (Å²) in [5.74, 6) is 0.443. The predicted molar refractivity (Wildman–Crippen MR) is 90.3 cm³/mol. The van der Waals surface area contributed by atoms with Gasteiger partial charge in [0.15, 0.2) is 0 Å². The van der Waals surface area contributed by atoms with Crippen LogP contribution in [0, 0.1) is 5.92 Å². The Balaban J connectivity index is 1.44. The van der Waals surface area contributed by atoms with E-state index in [1.165, 1.54) is 11.1 Å². The number of likely N-dealkylation sites (tertiary alicyclic amines) is 1. The van der Waals surface area contributed by atoms with E-state index in [0.717, 1.165) is 45.2 Å². The van der Waals surface area contributed by atoms with Gasteiger partial charge in [0.05, 0.1) is 18.8 Å². The quantitative estimate of drug-likeness (QED) is 0.843. The van der Waals surface area contributed by atoms with E-state index in [1.54, 1.807) is 0 Å². The van der Waals surface area contributed by atoms with Crippen LogP contribution in [-0.4, -0.2) is 54.1 Å². The zero-order valence-electron chi connectivity index (χ0n) is 13.9. The van der Waals surface area contributed by atoms with Gasteiger partial charge in [-0.25, -0.2) is 0 Å². The Morgan fingerprint density at radius 1 is 1.17 bits per heavy atom. The molecule has 1 aromatic rings. The van der Waals surface area contributed by atoms with Crippen LogP contribution in [-0.2, 0) is 11.2 Å². The lowest BCUT2D eigenvalue weighted by Crippen LogP contribution is -2.41. The molecular formula is C19H29NO3. The highest BCUT2D eigenvalue weighted by Gasteiger charge is 2.23. The highest BCUT2D eigenvalue weighted by Crippen LogP contribution is 2.32. The first-order chi connectivity index (χ1) is 11.3. The standard InChI is InChI=1S/C19H29NO3/c21-13-15-8-10-20(11-9-15)12-17(22)14-23-19-7-3-5-16-4-1-2-6-18(16)19/h1-2,4,6,15,17,19,21-22H,3,5,7-14H2. The minimum absolute atomic E-state index is 0.134. The molecule has 1 saturated heterocycles. The molecule has 0 radical (unpaired) electrons. The molecular weight excluding hydrogens is 290 g/mol. The number of fused-ring (bicyclic) bond motifs is 1. The summed E-state index contributed by atoms with van der Waals surface area (Å²) < 4.78 is 6.04. The third kappa shape index (κ3) is 4.54. The SMILES string of the molecule is OCC1CCN(CC(O)COC2CCCc3ccccc32)CC1. The van der Waals surface area contributed by atoms with Crippen LogP contribution in [0.3, 0.4) is 0 Å². The Morgan fingerprint density at radius 2 is 1.96 bits per heavy atom. The van der Waals surface area contributed by atoms with Crippen LogP contribution in [0.4, 0.5) is 0 Å². The summed E-state index contributed by atoms with van der Waals surface area (Å²) >= 11 is 0. The molecule has 0 saturated carbocycles. The third-order valence-corrected chi connectivity index (χ3v) is 5.24. The lowest BCUT2D eigenvalue weighted by atomic mass is 9.89. The Kier molecular flexibility index (Phi) is 6.06. The van der Waals surface area contributed by atoms with Crippen molar-refractivity contribution in [1.82, 2.24) is 4.90 Å². The fourth-order valence-electron chi connectivity index (χ4n) is 3.81. The molecule has 4 nitrogen and oxygen atoms in total. The lowest BCUT2D eigenvalue weighted by Gasteiger charge is -2.33. The van der Waals surface area contributed by atoms with Crippen molar-refractivity contribution in [2.45, 2.75) is 44.3 Å². The number of hydrogen-bond acceptors (Lipinski definition) is 4. The van der Waals surface area contributed by atoms with E-state index in [9.17, 15) is 10.2 Å². The number of benzene rings is 1. The minimum atomic E-state index is -0.435. The van der Waals surface area contributed by atoms with Gasteiger partial charge >= 0.3 is 0 Å². The van der Waals surface area contributed by atoms with Crippen molar-refractivity contribution in [2.75, 3.05) is 32.8 Å². The highest BCUT2D eigenvalue weighted by molar-refractivity contribution is 5.31. The van der Waals surface area contributed by atoms with Gasteiger partial charge in [0.2, 0.25) is 0 Å². The second-order valence-electron chi connectivity index (χ2n) is 6.99. The zero-order chi connectivity index (χ0) is 16.1. The maximum absolute atomic E-state index is 10.3. The summed E-state index contributed by atoms with van der Waals surface area (Å²) in [5, 5.41) is 19.5. The molecule has 0 bridgehead atoms. The van der Waals surface area contributed by atoms with Crippen LogP contribution in [0.25, 0.3) is 0 Å². The van der Waals surface area contributed by atoms with Gasteiger partial charge in [-0.15, -0.1) is 0 Å². The van der Waals surface area contributed by atoms with Crippen LogP contribution in [0.1, 0.15) is 42.9 Å². The van der Waals surface area contributed by atoms with E-state index in [4.69, 9.17) is 4.74 Å². The van der Waals surface area contributed by atoms with Gasteiger partial charge in [0, 0.05) is 13.2 Å². The molecule has 1 fully saturated rings. The molecule has 3 rings (SSSR count). The summed E-state index contributed by atoms with van der Waals surface area (Å²) in [6.45, 7) is 3.30.